The van der Waals surface area contributed by atoms with Crippen LogP contribution >= 0.6 is 0 Å². The minimum absolute atomic E-state index is 0.519. The van der Waals surface area contributed by atoms with E-state index in [1.54, 1.807) is 21.3 Å². The van der Waals surface area contributed by atoms with E-state index in [-0.39, 0.29) is 0 Å². The summed E-state index contributed by atoms with van der Waals surface area (Å²) < 4.78 is 17.0. The summed E-state index contributed by atoms with van der Waals surface area (Å²) in [5.41, 5.74) is 3.08. The lowest BCUT2D eigenvalue weighted by Crippen LogP contribution is -2.03. The average Bonchev–Trinajstić information content (AvgIpc) is 2.53. The summed E-state index contributed by atoms with van der Waals surface area (Å²) in [4.78, 5) is 0. The molecule has 0 heterocycles. The van der Waals surface area contributed by atoms with E-state index >= 15 is 0 Å². The quantitative estimate of drug-likeness (QED) is 0.781. The third kappa shape index (κ3) is 3.19. The van der Waals surface area contributed by atoms with Crippen LogP contribution in [-0.2, 0) is 6.42 Å². The fraction of sp³-hybridized carbons (Fsp3) is 0.368. The first-order chi connectivity index (χ1) is 10.6. The molecule has 0 spiro atoms. The van der Waals surface area contributed by atoms with E-state index in [9.17, 15) is 0 Å². The van der Waals surface area contributed by atoms with Gasteiger partial charge in [-0.05, 0) is 24.0 Å². The average molecular weight is 300 g/mol. The molecule has 0 aromatic heterocycles. The molecule has 2 aromatic rings. The number of benzene rings is 2. The number of hydrogen-bond donors (Lipinski definition) is 0. The van der Waals surface area contributed by atoms with Gasteiger partial charge in [0.2, 0.25) is 0 Å². The lowest BCUT2D eigenvalue weighted by Gasteiger charge is -2.20. The van der Waals surface area contributed by atoms with Crippen LogP contribution in [0.15, 0.2) is 36.4 Å². The predicted molar refractivity (Wildman–Crippen MR) is 90.1 cm³/mol. The van der Waals surface area contributed by atoms with Crippen LogP contribution in [-0.4, -0.2) is 21.3 Å². The molecule has 0 radical (unpaired) electrons. The molecular formula is C19H24O3. The van der Waals surface area contributed by atoms with Crippen LogP contribution in [0.3, 0.4) is 0 Å². The highest BCUT2D eigenvalue weighted by Crippen LogP contribution is 2.47. The number of hydrogen-bond acceptors (Lipinski definition) is 3. The standard InChI is InChI=1S/C19H24O3/c1-13(2)11-15-12-16(20-3)17(14-9-7-6-8-10-14)19(22-5)18(15)21-4/h6-10,12-13H,11H2,1-5H3. The molecule has 0 saturated carbocycles. The molecule has 0 amide bonds. The van der Waals surface area contributed by atoms with Gasteiger partial charge in [0.1, 0.15) is 5.75 Å². The van der Waals surface area contributed by atoms with Crippen LogP contribution in [0.5, 0.6) is 17.2 Å². The molecule has 2 aromatic carbocycles. The first-order valence-corrected chi connectivity index (χ1v) is 7.49. The van der Waals surface area contributed by atoms with Gasteiger partial charge in [-0.2, -0.15) is 0 Å². The van der Waals surface area contributed by atoms with Crippen molar-refractivity contribution in [2.24, 2.45) is 5.92 Å². The van der Waals surface area contributed by atoms with E-state index in [0.29, 0.717) is 5.92 Å². The summed E-state index contributed by atoms with van der Waals surface area (Å²) in [5, 5.41) is 0. The summed E-state index contributed by atoms with van der Waals surface area (Å²) >= 11 is 0. The van der Waals surface area contributed by atoms with Crippen molar-refractivity contribution in [2.45, 2.75) is 20.3 Å². The van der Waals surface area contributed by atoms with E-state index in [1.807, 2.05) is 30.3 Å². The lowest BCUT2D eigenvalue weighted by atomic mass is 9.95. The van der Waals surface area contributed by atoms with E-state index in [1.165, 1.54) is 0 Å². The third-order valence-electron chi connectivity index (χ3n) is 3.60. The fourth-order valence-electron chi connectivity index (χ4n) is 2.72. The van der Waals surface area contributed by atoms with Gasteiger partial charge in [-0.15, -0.1) is 0 Å². The van der Waals surface area contributed by atoms with Gasteiger partial charge in [0.25, 0.3) is 0 Å². The van der Waals surface area contributed by atoms with Crippen molar-refractivity contribution in [1.29, 1.82) is 0 Å². The molecule has 0 bridgehead atoms. The topological polar surface area (TPSA) is 27.7 Å². The van der Waals surface area contributed by atoms with Crippen molar-refractivity contribution in [3.8, 4) is 28.4 Å². The minimum Gasteiger partial charge on any atom is -0.496 e. The Hall–Kier alpha value is -2.16. The Balaban J connectivity index is 2.72. The second-order valence-electron chi connectivity index (χ2n) is 5.64. The zero-order valence-corrected chi connectivity index (χ0v) is 14.0. The van der Waals surface area contributed by atoms with Gasteiger partial charge in [-0.1, -0.05) is 44.2 Å². The van der Waals surface area contributed by atoms with Crippen molar-refractivity contribution in [1.82, 2.24) is 0 Å². The second kappa shape index (κ2) is 7.21. The van der Waals surface area contributed by atoms with Gasteiger partial charge in [0.15, 0.2) is 11.5 Å². The van der Waals surface area contributed by atoms with Crippen molar-refractivity contribution in [3.05, 3.63) is 42.0 Å². The maximum Gasteiger partial charge on any atom is 0.172 e. The normalized spacial score (nSPS) is 10.6. The molecule has 0 unspecified atom stereocenters. The zero-order chi connectivity index (χ0) is 16.1. The van der Waals surface area contributed by atoms with E-state index < -0.39 is 0 Å². The molecule has 118 valence electrons. The van der Waals surface area contributed by atoms with Crippen LogP contribution in [0.1, 0.15) is 19.4 Å². The van der Waals surface area contributed by atoms with Gasteiger partial charge in [-0.3, -0.25) is 0 Å². The summed E-state index contributed by atoms with van der Waals surface area (Å²) in [6.45, 7) is 4.37. The van der Waals surface area contributed by atoms with Crippen LogP contribution in [0.25, 0.3) is 11.1 Å². The van der Waals surface area contributed by atoms with Gasteiger partial charge in [0.05, 0.1) is 26.9 Å². The molecule has 0 aliphatic rings. The number of rotatable bonds is 6. The van der Waals surface area contributed by atoms with E-state index in [4.69, 9.17) is 14.2 Å². The van der Waals surface area contributed by atoms with Gasteiger partial charge in [-0.25, -0.2) is 0 Å². The Labute approximate surface area is 132 Å². The smallest absolute Gasteiger partial charge is 0.172 e. The molecular weight excluding hydrogens is 276 g/mol. The number of ether oxygens (including phenoxy) is 3. The summed E-state index contributed by atoms with van der Waals surface area (Å²) in [7, 11) is 5.04. The highest BCUT2D eigenvalue weighted by molar-refractivity contribution is 5.81. The summed E-state index contributed by atoms with van der Waals surface area (Å²) in [5.74, 6) is 2.84. The maximum absolute atomic E-state index is 5.68. The zero-order valence-electron chi connectivity index (χ0n) is 14.0. The van der Waals surface area contributed by atoms with E-state index in [2.05, 4.69) is 19.9 Å². The second-order valence-corrected chi connectivity index (χ2v) is 5.64. The SMILES string of the molecule is COc1cc(CC(C)C)c(OC)c(OC)c1-c1ccccc1. The monoisotopic (exact) mass is 300 g/mol. The van der Waals surface area contributed by atoms with Crippen molar-refractivity contribution in [2.75, 3.05) is 21.3 Å². The molecule has 0 atom stereocenters. The van der Waals surface area contributed by atoms with Gasteiger partial charge in [0, 0.05) is 5.56 Å². The molecule has 3 nitrogen and oxygen atoms in total. The first-order valence-electron chi connectivity index (χ1n) is 7.49. The fourth-order valence-corrected chi connectivity index (χ4v) is 2.72. The van der Waals surface area contributed by atoms with E-state index in [0.717, 1.165) is 40.4 Å². The minimum atomic E-state index is 0.519. The molecule has 0 aliphatic heterocycles. The largest absolute Gasteiger partial charge is 0.496 e. The van der Waals surface area contributed by atoms with Crippen molar-refractivity contribution >= 4 is 0 Å². The lowest BCUT2D eigenvalue weighted by molar-refractivity contribution is 0.346. The molecule has 0 fully saturated rings. The molecule has 0 N–H and O–H groups in total. The Morgan fingerprint density at radius 3 is 2.00 bits per heavy atom. The van der Waals surface area contributed by atoms with Gasteiger partial charge < -0.3 is 14.2 Å². The molecule has 0 saturated heterocycles. The molecule has 2 rings (SSSR count). The Kier molecular flexibility index (Phi) is 5.31. The third-order valence-corrected chi connectivity index (χ3v) is 3.60. The van der Waals surface area contributed by atoms with Crippen LogP contribution in [0, 0.1) is 5.92 Å². The Morgan fingerprint density at radius 2 is 1.50 bits per heavy atom. The molecule has 3 heteroatoms. The van der Waals surface area contributed by atoms with Crippen LogP contribution < -0.4 is 14.2 Å². The maximum atomic E-state index is 5.68. The van der Waals surface area contributed by atoms with Gasteiger partial charge >= 0.3 is 0 Å². The van der Waals surface area contributed by atoms with Crippen molar-refractivity contribution in [3.63, 3.8) is 0 Å². The first kappa shape index (κ1) is 16.2. The van der Waals surface area contributed by atoms with Crippen molar-refractivity contribution < 1.29 is 14.2 Å². The van der Waals surface area contributed by atoms with Crippen LogP contribution in [0.2, 0.25) is 0 Å². The Morgan fingerprint density at radius 1 is 0.864 bits per heavy atom. The summed E-state index contributed by atoms with van der Waals surface area (Å²) in [6, 6.07) is 12.1. The predicted octanol–water partition coefficient (Wildman–Crippen LogP) is 4.58. The van der Waals surface area contributed by atoms with Crippen LogP contribution in [0.4, 0.5) is 0 Å². The molecule has 0 aliphatic carbocycles. The highest BCUT2D eigenvalue weighted by Gasteiger charge is 2.22. The summed E-state index contributed by atoms with van der Waals surface area (Å²) in [6.07, 6.45) is 0.908. The Bertz CT molecular complexity index is 618. The molecule has 22 heavy (non-hydrogen) atoms. The highest BCUT2D eigenvalue weighted by atomic mass is 16.5. The number of methoxy groups -OCH3 is 3.